The van der Waals surface area contributed by atoms with Crippen LogP contribution < -0.4 is 10.5 Å². The van der Waals surface area contributed by atoms with E-state index in [4.69, 9.17) is 10.5 Å². The summed E-state index contributed by atoms with van der Waals surface area (Å²) in [7, 11) is 0. The SMILES string of the molecule is Nc1ccccc1Oc1cc([N+](=O)[O-])ccn1. The van der Waals surface area contributed by atoms with Crippen molar-refractivity contribution in [3.63, 3.8) is 0 Å². The molecule has 2 N–H and O–H groups in total. The largest absolute Gasteiger partial charge is 0.437 e. The van der Waals surface area contributed by atoms with Crippen molar-refractivity contribution in [1.82, 2.24) is 4.98 Å². The summed E-state index contributed by atoms with van der Waals surface area (Å²) in [6, 6.07) is 9.39. The number of hydrogen-bond acceptors (Lipinski definition) is 5. The zero-order valence-corrected chi connectivity index (χ0v) is 8.74. The summed E-state index contributed by atoms with van der Waals surface area (Å²) < 4.78 is 5.36. The summed E-state index contributed by atoms with van der Waals surface area (Å²) in [5.41, 5.74) is 6.05. The Balaban J connectivity index is 2.28. The number of benzene rings is 1. The second-order valence-corrected chi connectivity index (χ2v) is 3.25. The molecule has 0 bridgehead atoms. The molecular weight excluding hydrogens is 222 g/mol. The quantitative estimate of drug-likeness (QED) is 0.497. The summed E-state index contributed by atoms with van der Waals surface area (Å²) in [5.74, 6) is 0.553. The van der Waals surface area contributed by atoms with E-state index in [0.717, 1.165) is 0 Å². The molecular formula is C11H9N3O3. The molecule has 1 heterocycles. The van der Waals surface area contributed by atoms with E-state index in [0.29, 0.717) is 11.4 Å². The molecule has 0 atom stereocenters. The molecule has 0 saturated carbocycles. The molecule has 0 radical (unpaired) electrons. The van der Waals surface area contributed by atoms with Gasteiger partial charge in [-0.1, -0.05) is 12.1 Å². The molecule has 0 aliphatic carbocycles. The molecule has 6 nitrogen and oxygen atoms in total. The van der Waals surface area contributed by atoms with Crippen LogP contribution in [0.5, 0.6) is 11.6 Å². The number of anilines is 1. The Kier molecular flexibility index (Phi) is 2.87. The minimum Gasteiger partial charge on any atom is -0.437 e. The Labute approximate surface area is 96.8 Å². The number of hydrogen-bond donors (Lipinski definition) is 1. The Hall–Kier alpha value is -2.63. The van der Waals surface area contributed by atoms with Crippen molar-refractivity contribution in [1.29, 1.82) is 0 Å². The fourth-order valence-electron chi connectivity index (χ4n) is 1.25. The Morgan fingerprint density at radius 3 is 2.76 bits per heavy atom. The number of aromatic nitrogens is 1. The van der Waals surface area contributed by atoms with Crippen LogP contribution in [0.25, 0.3) is 0 Å². The molecule has 1 aromatic carbocycles. The van der Waals surface area contributed by atoms with Gasteiger partial charge < -0.3 is 10.5 Å². The van der Waals surface area contributed by atoms with Gasteiger partial charge in [-0.25, -0.2) is 4.98 Å². The highest BCUT2D eigenvalue weighted by Crippen LogP contribution is 2.27. The minimum atomic E-state index is -0.511. The second kappa shape index (κ2) is 4.48. The first-order chi connectivity index (χ1) is 8.16. The predicted molar refractivity (Wildman–Crippen MR) is 61.8 cm³/mol. The van der Waals surface area contributed by atoms with Crippen LogP contribution in [0.3, 0.4) is 0 Å². The number of nitrogen functional groups attached to an aromatic ring is 1. The van der Waals surface area contributed by atoms with Crippen LogP contribution in [0, 0.1) is 10.1 Å². The zero-order valence-electron chi connectivity index (χ0n) is 8.74. The zero-order chi connectivity index (χ0) is 12.3. The van der Waals surface area contributed by atoms with E-state index in [2.05, 4.69) is 4.98 Å². The maximum absolute atomic E-state index is 10.6. The van der Waals surface area contributed by atoms with Crippen LogP contribution in [-0.2, 0) is 0 Å². The summed E-state index contributed by atoms with van der Waals surface area (Å²) in [5, 5.41) is 10.6. The van der Waals surface area contributed by atoms with Gasteiger partial charge in [0.1, 0.15) is 0 Å². The Morgan fingerprint density at radius 1 is 1.29 bits per heavy atom. The van der Waals surface area contributed by atoms with Gasteiger partial charge >= 0.3 is 0 Å². The lowest BCUT2D eigenvalue weighted by atomic mass is 10.3. The van der Waals surface area contributed by atoms with Crippen molar-refractivity contribution in [2.75, 3.05) is 5.73 Å². The van der Waals surface area contributed by atoms with Crippen molar-refractivity contribution >= 4 is 11.4 Å². The second-order valence-electron chi connectivity index (χ2n) is 3.25. The normalized spacial score (nSPS) is 9.88. The van der Waals surface area contributed by atoms with Gasteiger partial charge in [-0.3, -0.25) is 10.1 Å². The average Bonchev–Trinajstić information content (AvgIpc) is 2.32. The molecule has 86 valence electrons. The van der Waals surface area contributed by atoms with E-state index in [1.165, 1.54) is 18.3 Å². The van der Waals surface area contributed by atoms with Gasteiger partial charge in [0.15, 0.2) is 5.75 Å². The number of ether oxygens (including phenoxy) is 1. The summed E-state index contributed by atoms with van der Waals surface area (Å²) >= 11 is 0. The summed E-state index contributed by atoms with van der Waals surface area (Å²) in [4.78, 5) is 13.9. The third-order valence-electron chi connectivity index (χ3n) is 2.06. The third kappa shape index (κ3) is 2.49. The number of para-hydroxylation sites is 2. The van der Waals surface area contributed by atoms with E-state index in [1.54, 1.807) is 24.3 Å². The van der Waals surface area contributed by atoms with E-state index in [9.17, 15) is 10.1 Å². The highest BCUT2D eigenvalue weighted by Gasteiger charge is 2.09. The van der Waals surface area contributed by atoms with Gasteiger partial charge in [-0.2, -0.15) is 0 Å². The van der Waals surface area contributed by atoms with Gasteiger partial charge in [0.2, 0.25) is 5.88 Å². The first kappa shape index (κ1) is 10.9. The van der Waals surface area contributed by atoms with Crippen LogP contribution in [-0.4, -0.2) is 9.91 Å². The van der Waals surface area contributed by atoms with Crippen LogP contribution in [0.2, 0.25) is 0 Å². The lowest BCUT2D eigenvalue weighted by Crippen LogP contribution is -1.94. The van der Waals surface area contributed by atoms with Crippen LogP contribution >= 0.6 is 0 Å². The maximum atomic E-state index is 10.6. The van der Waals surface area contributed by atoms with Crippen molar-refractivity contribution in [3.05, 3.63) is 52.7 Å². The van der Waals surface area contributed by atoms with E-state index < -0.39 is 4.92 Å². The molecule has 0 saturated heterocycles. The average molecular weight is 231 g/mol. The predicted octanol–water partition coefficient (Wildman–Crippen LogP) is 2.36. The minimum absolute atomic E-state index is 0.0792. The molecule has 0 aliphatic rings. The van der Waals surface area contributed by atoms with Crippen LogP contribution in [0.1, 0.15) is 0 Å². The van der Waals surface area contributed by atoms with E-state index in [1.807, 2.05) is 0 Å². The van der Waals surface area contributed by atoms with Gasteiger partial charge in [-0.05, 0) is 12.1 Å². The smallest absolute Gasteiger partial charge is 0.276 e. The van der Waals surface area contributed by atoms with E-state index in [-0.39, 0.29) is 11.6 Å². The number of nitro groups is 1. The van der Waals surface area contributed by atoms with Crippen molar-refractivity contribution < 1.29 is 9.66 Å². The van der Waals surface area contributed by atoms with Gasteiger partial charge in [-0.15, -0.1) is 0 Å². The van der Waals surface area contributed by atoms with Crippen molar-refractivity contribution in [2.24, 2.45) is 0 Å². The van der Waals surface area contributed by atoms with Crippen LogP contribution in [0.15, 0.2) is 42.6 Å². The molecule has 1 aromatic heterocycles. The fourth-order valence-corrected chi connectivity index (χ4v) is 1.25. The highest BCUT2D eigenvalue weighted by molar-refractivity contribution is 5.53. The number of nitrogens with zero attached hydrogens (tertiary/aromatic N) is 2. The molecule has 17 heavy (non-hydrogen) atoms. The molecule has 2 rings (SSSR count). The standard InChI is InChI=1S/C11H9N3O3/c12-9-3-1-2-4-10(9)17-11-7-8(14(15)16)5-6-13-11/h1-7H,12H2. The lowest BCUT2D eigenvalue weighted by Gasteiger charge is -2.06. The Bertz CT molecular complexity index is 557. The topological polar surface area (TPSA) is 91.3 Å². The van der Waals surface area contributed by atoms with Crippen LogP contribution in [0.4, 0.5) is 11.4 Å². The molecule has 0 fully saturated rings. The molecule has 0 unspecified atom stereocenters. The molecule has 2 aromatic rings. The third-order valence-corrected chi connectivity index (χ3v) is 2.06. The number of nitrogens with two attached hydrogens (primary N) is 1. The maximum Gasteiger partial charge on any atom is 0.276 e. The monoisotopic (exact) mass is 231 g/mol. The van der Waals surface area contributed by atoms with Crippen molar-refractivity contribution in [3.8, 4) is 11.6 Å². The molecule has 0 aliphatic heterocycles. The molecule has 0 amide bonds. The van der Waals surface area contributed by atoms with E-state index >= 15 is 0 Å². The van der Waals surface area contributed by atoms with Gasteiger partial charge in [0, 0.05) is 12.3 Å². The first-order valence-electron chi connectivity index (χ1n) is 4.79. The Morgan fingerprint density at radius 2 is 2.06 bits per heavy atom. The summed E-state index contributed by atoms with van der Waals surface area (Å²) in [6.07, 6.45) is 1.31. The first-order valence-corrected chi connectivity index (χ1v) is 4.79. The lowest BCUT2D eigenvalue weighted by molar-refractivity contribution is -0.385. The van der Waals surface area contributed by atoms with Gasteiger partial charge in [0.05, 0.1) is 16.7 Å². The molecule has 6 heteroatoms. The number of rotatable bonds is 3. The van der Waals surface area contributed by atoms with Crippen molar-refractivity contribution in [2.45, 2.75) is 0 Å². The molecule has 0 spiro atoms. The fraction of sp³-hybridized carbons (Fsp3) is 0. The summed E-state index contributed by atoms with van der Waals surface area (Å²) in [6.45, 7) is 0. The number of pyridine rings is 1. The van der Waals surface area contributed by atoms with Gasteiger partial charge in [0.25, 0.3) is 5.69 Å². The highest BCUT2D eigenvalue weighted by atomic mass is 16.6.